The Balaban J connectivity index is 0.00000312. The van der Waals surface area contributed by atoms with Crippen LogP contribution < -0.4 is 15.4 Å². The lowest BCUT2D eigenvalue weighted by Crippen LogP contribution is -2.36. The Morgan fingerprint density at radius 1 is 1.20 bits per heavy atom. The third kappa shape index (κ3) is 8.04. The molecule has 2 aromatic heterocycles. The van der Waals surface area contributed by atoms with Gasteiger partial charge in [0.1, 0.15) is 0 Å². The molecule has 0 amide bonds. The minimum atomic E-state index is 0. The van der Waals surface area contributed by atoms with Gasteiger partial charge in [0.2, 0.25) is 5.88 Å². The molecule has 0 spiro atoms. The Morgan fingerprint density at radius 2 is 2.04 bits per heavy atom. The molecule has 0 radical (unpaired) electrons. The number of guanidine groups is 1. The molecule has 2 heterocycles. The molecule has 0 aliphatic rings. The Kier molecular flexibility index (Phi) is 10.5. The number of rotatable bonds is 8. The van der Waals surface area contributed by atoms with E-state index in [1.807, 2.05) is 18.3 Å². The van der Waals surface area contributed by atoms with Crippen LogP contribution in [0.4, 0.5) is 0 Å². The summed E-state index contributed by atoms with van der Waals surface area (Å²) < 4.78 is 5.49. The standard InChI is InChI=1S/C18H26N4OS.HI/c1-4-10-23-17-9-7-15(11-20-17)12-21-18(19-5-2)22-13-16-8-6-14(3)24-16;/h6-9,11H,4-5,10,12-13H2,1-3H3,(H2,19,21,22);1H. The largest absolute Gasteiger partial charge is 0.478 e. The molecule has 0 saturated carbocycles. The van der Waals surface area contributed by atoms with E-state index < -0.39 is 0 Å². The lowest BCUT2D eigenvalue weighted by Gasteiger charge is -2.10. The zero-order valence-corrected chi connectivity index (χ0v) is 18.2. The predicted molar refractivity (Wildman–Crippen MR) is 116 cm³/mol. The highest BCUT2D eigenvalue weighted by atomic mass is 127. The van der Waals surface area contributed by atoms with Gasteiger partial charge in [-0.05, 0) is 38.0 Å². The maximum absolute atomic E-state index is 5.49. The number of nitrogens with one attached hydrogen (secondary N) is 2. The van der Waals surface area contributed by atoms with E-state index in [9.17, 15) is 0 Å². The van der Waals surface area contributed by atoms with E-state index in [1.54, 1.807) is 11.3 Å². The molecule has 7 heteroatoms. The summed E-state index contributed by atoms with van der Waals surface area (Å²) in [7, 11) is 0. The van der Waals surface area contributed by atoms with Gasteiger partial charge in [0.05, 0.1) is 19.7 Å². The van der Waals surface area contributed by atoms with Crippen molar-refractivity contribution >= 4 is 41.3 Å². The van der Waals surface area contributed by atoms with Crippen LogP contribution >= 0.6 is 35.3 Å². The Morgan fingerprint density at radius 3 is 2.64 bits per heavy atom. The van der Waals surface area contributed by atoms with Gasteiger partial charge in [-0.15, -0.1) is 35.3 Å². The highest BCUT2D eigenvalue weighted by Crippen LogP contribution is 2.14. The number of thiophene rings is 1. The van der Waals surface area contributed by atoms with Crippen molar-refractivity contribution < 1.29 is 4.74 Å². The Bertz CT molecular complexity index is 643. The number of aromatic nitrogens is 1. The van der Waals surface area contributed by atoms with Gasteiger partial charge in [-0.3, -0.25) is 0 Å². The molecule has 0 fully saturated rings. The van der Waals surface area contributed by atoms with Crippen LogP contribution in [-0.2, 0) is 13.1 Å². The molecule has 138 valence electrons. The normalized spacial score (nSPS) is 10.9. The van der Waals surface area contributed by atoms with Gasteiger partial charge >= 0.3 is 0 Å². The second-order valence-electron chi connectivity index (χ2n) is 5.41. The maximum Gasteiger partial charge on any atom is 0.213 e. The van der Waals surface area contributed by atoms with Crippen LogP contribution in [0.1, 0.15) is 35.6 Å². The fourth-order valence-corrected chi connectivity index (χ4v) is 2.89. The molecule has 0 atom stereocenters. The quantitative estimate of drug-likeness (QED) is 0.344. The van der Waals surface area contributed by atoms with E-state index in [2.05, 4.69) is 53.5 Å². The summed E-state index contributed by atoms with van der Waals surface area (Å²) >= 11 is 1.80. The molecule has 0 aliphatic carbocycles. The molecular formula is C18H27IN4OS. The second kappa shape index (κ2) is 12.1. The van der Waals surface area contributed by atoms with Crippen molar-refractivity contribution in [3.8, 4) is 5.88 Å². The van der Waals surface area contributed by atoms with Gasteiger partial charge in [-0.25, -0.2) is 9.98 Å². The zero-order valence-electron chi connectivity index (χ0n) is 15.0. The van der Waals surface area contributed by atoms with Crippen molar-refractivity contribution in [1.29, 1.82) is 0 Å². The lowest BCUT2D eigenvalue weighted by atomic mass is 10.3. The topological polar surface area (TPSA) is 58.5 Å². The summed E-state index contributed by atoms with van der Waals surface area (Å²) in [6.07, 6.45) is 2.80. The SMILES string of the molecule is CCCOc1ccc(CN=C(NCC)NCc2ccc(C)s2)cn1.I. The number of aliphatic imine (C=N–C) groups is 1. The van der Waals surface area contributed by atoms with Crippen LogP contribution in [0.15, 0.2) is 35.5 Å². The van der Waals surface area contributed by atoms with Gasteiger partial charge in [-0.1, -0.05) is 13.0 Å². The minimum Gasteiger partial charge on any atom is -0.478 e. The average molecular weight is 474 g/mol. The van der Waals surface area contributed by atoms with Crippen LogP contribution in [0, 0.1) is 6.92 Å². The van der Waals surface area contributed by atoms with Crippen molar-refractivity contribution in [2.24, 2.45) is 4.99 Å². The summed E-state index contributed by atoms with van der Waals surface area (Å²) in [5.74, 6) is 1.48. The molecule has 0 bridgehead atoms. The number of ether oxygens (including phenoxy) is 1. The fourth-order valence-electron chi connectivity index (χ4n) is 2.06. The van der Waals surface area contributed by atoms with Crippen LogP contribution in [0.5, 0.6) is 5.88 Å². The first-order chi connectivity index (χ1) is 11.7. The van der Waals surface area contributed by atoms with Crippen molar-refractivity contribution in [2.75, 3.05) is 13.2 Å². The number of hydrogen-bond donors (Lipinski definition) is 2. The first-order valence-corrected chi connectivity index (χ1v) is 9.18. The number of hydrogen-bond acceptors (Lipinski definition) is 4. The summed E-state index contributed by atoms with van der Waals surface area (Å²) in [4.78, 5) is 11.5. The number of nitrogens with zero attached hydrogens (tertiary/aromatic N) is 2. The van der Waals surface area contributed by atoms with Crippen LogP contribution in [0.3, 0.4) is 0 Å². The smallest absolute Gasteiger partial charge is 0.213 e. The lowest BCUT2D eigenvalue weighted by molar-refractivity contribution is 0.305. The van der Waals surface area contributed by atoms with Gasteiger partial charge in [0.25, 0.3) is 0 Å². The van der Waals surface area contributed by atoms with Crippen LogP contribution in [-0.4, -0.2) is 24.1 Å². The van der Waals surface area contributed by atoms with Crippen LogP contribution in [0.2, 0.25) is 0 Å². The molecular weight excluding hydrogens is 447 g/mol. The van der Waals surface area contributed by atoms with E-state index >= 15 is 0 Å². The van der Waals surface area contributed by atoms with Crippen molar-refractivity contribution in [3.63, 3.8) is 0 Å². The monoisotopic (exact) mass is 474 g/mol. The Hall–Kier alpha value is -1.35. The molecule has 2 rings (SSSR count). The third-order valence-corrected chi connectivity index (χ3v) is 4.24. The number of aryl methyl sites for hydroxylation is 1. The van der Waals surface area contributed by atoms with Crippen molar-refractivity contribution in [1.82, 2.24) is 15.6 Å². The Labute approximate surface area is 171 Å². The van der Waals surface area contributed by atoms with E-state index in [0.717, 1.165) is 31.0 Å². The molecule has 0 aromatic carbocycles. The number of halogens is 1. The predicted octanol–water partition coefficient (Wildman–Crippen LogP) is 4.11. The highest BCUT2D eigenvalue weighted by molar-refractivity contribution is 14.0. The summed E-state index contributed by atoms with van der Waals surface area (Å²) in [5.41, 5.74) is 1.06. The molecule has 25 heavy (non-hydrogen) atoms. The number of pyridine rings is 1. The fraction of sp³-hybridized carbons (Fsp3) is 0.444. The first kappa shape index (κ1) is 21.7. The summed E-state index contributed by atoms with van der Waals surface area (Å²) in [5, 5.41) is 6.63. The molecule has 0 unspecified atom stereocenters. The minimum absolute atomic E-state index is 0. The van der Waals surface area contributed by atoms with E-state index in [-0.39, 0.29) is 24.0 Å². The first-order valence-electron chi connectivity index (χ1n) is 8.36. The van der Waals surface area contributed by atoms with E-state index in [1.165, 1.54) is 9.75 Å². The molecule has 0 saturated heterocycles. The summed E-state index contributed by atoms with van der Waals surface area (Å²) in [6, 6.07) is 8.19. The van der Waals surface area contributed by atoms with Gasteiger partial charge in [-0.2, -0.15) is 0 Å². The second-order valence-corrected chi connectivity index (χ2v) is 6.79. The van der Waals surface area contributed by atoms with Crippen molar-refractivity contribution in [3.05, 3.63) is 45.8 Å². The zero-order chi connectivity index (χ0) is 17.2. The van der Waals surface area contributed by atoms with Gasteiger partial charge < -0.3 is 15.4 Å². The van der Waals surface area contributed by atoms with Gasteiger partial charge in [0, 0.05) is 28.6 Å². The van der Waals surface area contributed by atoms with E-state index in [0.29, 0.717) is 19.0 Å². The van der Waals surface area contributed by atoms with Crippen LogP contribution in [0.25, 0.3) is 0 Å². The van der Waals surface area contributed by atoms with Gasteiger partial charge in [0.15, 0.2) is 5.96 Å². The molecule has 5 nitrogen and oxygen atoms in total. The maximum atomic E-state index is 5.49. The molecule has 2 N–H and O–H groups in total. The van der Waals surface area contributed by atoms with Crippen molar-refractivity contribution in [2.45, 2.75) is 40.3 Å². The average Bonchev–Trinajstić information content (AvgIpc) is 3.02. The van der Waals surface area contributed by atoms with E-state index in [4.69, 9.17) is 4.74 Å². The molecule has 0 aliphatic heterocycles. The summed E-state index contributed by atoms with van der Waals surface area (Å²) in [6.45, 7) is 9.16. The molecule has 2 aromatic rings. The third-order valence-electron chi connectivity index (χ3n) is 3.24. The highest BCUT2D eigenvalue weighted by Gasteiger charge is 2.01.